The number of carbonyl (C=O) groups is 1. The third kappa shape index (κ3) is 4.71. The summed E-state index contributed by atoms with van der Waals surface area (Å²) < 4.78 is 7.40. The summed E-state index contributed by atoms with van der Waals surface area (Å²) >= 11 is 0. The normalized spacial score (nSPS) is 16.6. The molecule has 1 saturated heterocycles. The number of ether oxygens (including phenoxy) is 1. The van der Waals surface area contributed by atoms with Crippen LogP contribution in [0.15, 0.2) is 42.7 Å². The van der Waals surface area contributed by atoms with Crippen molar-refractivity contribution in [2.24, 2.45) is 13.0 Å². The van der Waals surface area contributed by atoms with Crippen LogP contribution in [0.2, 0.25) is 0 Å². The average molecular weight is 357 g/mol. The van der Waals surface area contributed by atoms with Crippen molar-refractivity contribution in [2.45, 2.75) is 25.4 Å². The molecule has 140 valence electrons. The number of aliphatic hydroxyl groups excluding tert-OH is 1. The molecule has 1 atom stereocenters. The second-order valence-corrected chi connectivity index (χ2v) is 6.85. The van der Waals surface area contributed by atoms with Crippen molar-refractivity contribution in [1.82, 2.24) is 14.5 Å². The average Bonchev–Trinajstić information content (AvgIpc) is 3.11. The van der Waals surface area contributed by atoms with E-state index < -0.39 is 6.10 Å². The van der Waals surface area contributed by atoms with Crippen LogP contribution >= 0.6 is 0 Å². The second-order valence-electron chi connectivity index (χ2n) is 6.85. The lowest BCUT2D eigenvalue weighted by atomic mass is 9.90. The Kier molecular flexibility index (Phi) is 6.41. The van der Waals surface area contributed by atoms with Crippen LogP contribution in [0.1, 0.15) is 30.3 Å². The highest BCUT2D eigenvalue weighted by atomic mass is 16.5. The van der Waals surface area contributed by atoms with Crippen LogP contribution in [0.5, 0.6) is 0 Å². The molecule has 6 nitrogen and oxygen atoms in total. The molecule has 26 heavy (non-hydrogen) atoms. The zero-order chi connectivity index (χ0) is 18.4. The maximum Gasteiger partial charge on any atom is 0.248 e. The van der Waals surface area contributed by atoms with Crippen molar-refractivity contribution >= 4 is 5.91 Å². The van der Waals surface area contributed by atoms with E-state index in [2.05, 4.69) is 17.1 Å². The number of aromatic nitrogens is 2. The maximum absolute atomic E-state index is 12.3. The van der Waals surface area contributed by atoms with Gasteiger partial charge in [-0.1, -0.05) is 30.3 Å². The van der Waals surface area contributed by atoms with E-state index in [0.717, 1.165) is 19.3 Å². The Morgan fingerprint density at radius 1 is 1.31 bits per heavy atom. The first-order chi connectivity index (χ1) is 12.6. The Morgan fingerprint density at radius 3 is 2.69 bits per heavy atom. The van der Waals surface area contributed by atoms with Crippen molar-refractivity contribution in [2.75, 3.05) is 26.3 Å². The second kappa shape index (κ2) is 8.96. The number of carbonyl (C=O) groups excluding carboxylic acids is 1. The van der Waals surface area contributed by atoms with Crippen molar-refractivity contribution in [3.05, 3.63) is 54.1 Å². The van der Waals surface area contributed by atoms with Crippen LogP contribution < -0.4 is 0 Å². The fourth-order valence-corrected chi connectivity index (χ4v) is 3.42. The molecule has 1 fully saturated rings. The highest BCUT2D eigenvalue weighted by Gasteiger charge is 2.29. The molecule has 0 aliphatic carbocycles. The lowest BCUT2D eigenvalue weighted by molar-refractivity contribution is -0.138. The SMILES string of the molecule is Cn1ccnc1C(O)C1CCN(C(=O)COCCc2ccccc2)CC1. The molecule has 0 spiro atoms. The van der Waals surface area contributed by atoms with Crippen LogP contribution in [0.25, 0.3) is 0 Å². The van der Waals surface area contributed by atoms with Gasteiger partial charge in [0.15, 0.2) is 0 Å². The number of hydrogen-bond acceptors (Lipinski definition) is 4. The van der Waals surface area contributed by atoms with Gasteiger partial charge in [-0.25, -0.2) is 4.98 Å². The Balaban J connectivity index is 1.37. The van der Waals surface area contributed by atoms with Gasteiger partial charge in [-0.2, -0.15) is 0 Å². The predicted molar refractivity (Wildman–Crippen MR) is 98.4 cm³/mol. The fraction of sp³-hybridized carbons (Fsp3) is 0.500. The number of aliphatic hydroxyl groups is 1. The number of amides is 1. The summed E-state index contributed by atoms with van der Waals surface area (Å²) in [5.74, 6) is 0.862. The van der Waals surface area contributed by atoms with E-state index in [4.69, 9.17) is 4.74 Å². The summed E-state index contributed by atoms with van der Waals surface area (Å²) in [6, 6.07) is 10.1. The highest BCUT2D eigenvalue weighted by Crippen LogP contribution is 2.29. The minimum atomic E-state index is -0.575. The predicted octanol–water partition coefficient (Wildman–Crippen LogP) is 1.95. The molecule has 0 radical (unpaired) electrons. The number of hydrogen-bond donors (Lipinski definition) is 1. The Morgan fingerprint density at radius 2 is 2.04 bits per heavy atom. The maximum atomic E-state index is 12.3. The molecule has 1 aromatic carbocycles. The molecule has 1 N–H and O–H groups in total. The molecular weight excluding hydrogens is 330 g/mol. The van der Waals surface area contributed by atoms with Gasteiger partial charge in [0.1, 0.15) is 18.5 Å². The van der Waals surface area contributed by atoms with Crippen molar-refractivity contribution in [3.8, 4) is 0 Å². The Hall–Kier alpha value is -2.18. The molecular formula is C20H27N3O3. The minimum Gasteiger partial charge on any atom is -0.385 e. The minimum absolute atomic E-state index is 0.0305. The summed E-state index contributed by atoms with van der Waals surface area (Å²) in [4.78, 5) is 18.4. The van der Waals surface area contributed by atoms with Gasteiger partial charge in [0.05, 0.1) is 6.61 Å². The molecule has 1 unspecified atom stereocenters. The third-order valence-corrected chi connectivity index (χ3v) is 5.07. The molecule has 3 rings (SSSR count). The number of rotatable bonds is 7. The topological polar surface area (TPSA) is 67.6 Å². The number of benzene rings is 1. The molecule has 0 saturated carbocycles. The standard InChI is InChI=1S/C20H27N3O3/c1-22-13-10-21-20(22)19(25)17-7-11-23(12-8-17)18(24)15-26-14-9-16-5-3-2-4-6-16/h2-6,10,13,17,19,25H,7-9,11-12,14-15H2,1H3. The van der Waals surface area contributed by atoms with Gasteiger partial charge < -0.3 is 19.3 Å². The van der Waals surface area contributed by atoms with Gasteiger partial charge in [0.25, 0.3) is 0 Å². The van der Waals surface area contributed by atoms with Gasteiger partial charge in [-0.15, -0.1) is 0 Å². The number of piperidine rings is 1. The smallest absolute Gasteiger partial charge is 0.248 e. The Labute approximate surface area is 154 Å². The van der Waals surface area contributed by atoms with Gasteiger partial charge in [0.2, 0.25) is 5.91 Å². The molecule has 6 heteroatoms. The summed E-state index contributed by atoms with van der Waals surface area (Å²) in [7, 11) is 1.89. The summed E-state index contributed by atoms with van der Waals surface area (Å²) in [6.07, 6.45) is 5.34. The highest BCUT2D eigenvalue weighted by molar-refractivity contribution is 5.77. The lowest BCUT2D eigenvalue weighted by Crippen LogP contribution is -2.41. The van der Waals surface area contributed by atoms with Gasteiger partial charge in [-0.3, -0.25) is 4.79 Å². The first kappa shape index (κ1) is 18.6. The molecule has 2 aromatic rings. The first-order valence-corrected chi connectivity index (χ1v) is 9.20. The van der Waals surface area contributed by atoms with Crippen LogP contribution in [-0.2, 0) is 23.0 Å². The van der Waals surface area contributed by atoms with Crippen LogP contribution in [0.3, 0.4) is 0 Å². The van der Waals surface area contributed by atoms with E-state index in [1.54, 1.807) is 6.20 Å². The van der Waals surface area contributed by atoms with Gasteiger partial charge in [0, 0.05) is 32.5 Å². The zero-order valence-corrected chi connectivity index (χ0v) is 15.3. The van der Waals surface area contributed by atoms with Crippen molar-refractivity contribution in [1.29, 1.82) is 0 Å². The summed E-state index contributed by atoms with van der Waals surface area (Å²) in [5, 5.41) is 10.5. The lowest BCUT2D eigenvalue weighted by Gasteiger charge is -2.34. The molecule has 0 bridgehead atoms. The van der Waals surface area contributed by atoms with E-state index in [1.807, 2.05) is 40.9 Å². The number of nitrogens with zero attached hydrogens (tertiary/aromatic N) is 3. The molecule has 1 aliphatic rings. The number of imidazole rings is 1. The fourth-order valence-electron chi connectivity index (χ4n) is 3.42. The van der Waals surface area contributed by atoms with Crippen molar-refractivity contribution < 1.29 is 14.6 Å². The molecule has 2 heterocycles. The van der Waals surface area contributed by atoms with Crippen LogP contribution in [-0.4, -0.2) is 51.8 Å². The monoisotopic (exact) mass is 357 g/mol. The quantitative estimate of drug-likeness (QED) is 0.769. The summed E-state index contributed by atoms with van der Waals surface area (Å²) in [6.45, 7) is 1.99. The van der Waals surface area contributed by atoms with E-state index in [-0.39, 0.29) is 18.4 Å². The van der Waals surface area contributed by atoms with Crippen LogP contribution in [0, 0.1) is 5.92 Å². The van der Waals surface area contributed by atoms with E-state index in [0.29, 0.717) is 25.5 Å². The van der Waals surface area contributed by atoms with Crippen LogP contribution in [0.4, 0.5) is 0 Å². The van der Waals surface area contributed by atoms with E-state index in [9.17, 15) is 9.90 Å². The zero-order valence-electron chi connectivity index (χ0n) is 15.3. The largest absolute Gasteiger partial charge is 0.385 e. The molecule has 1 aromatic heterocycles. The van der Waals surface area contributed by atoms with Crippen molar-refractivity contribution in [3.63, 3.8) is 0 Å². The molecule has 1 amide bonds. The Bertz CT molecular complexity index is 693. The van der Waals surface area contributed by atoms with E-state index in [1.165, 1.54) is 5.56 Å². The van der Waals surface area contributed by atoms with Gasteiger partial charge in [-0.05, 0) is 30.7 Å². The number of likely N-dealkylation sites (tertiary alicyclic amines) is 1. The number of aryl methyl sites for hydroxylation is 1. The summed E-state index contributed by atoms with van der Waals surface area (Å²) in [5.41, 5.74) is 1.21. The third-order valence-electron chi connectivity index (χ3n) is 5.07. The first-order valence-electron chi connectivity index (χ1n) is 9.20. The van der Waals surface area contributed by atoms with Gasteiger partial charge >= 0.3 is 0 Å². The van der Waals surface area contributed by atoms with E-state index >= 15 is 0 Å². The molecule has 1 aliphatic heterocycles.